The van der Waals surface area contributed by atoms with E-state index in [0.717, 1.165) is 25.7 Å². The minimum absolute atomic E-state index is 0.104. The maximum atomic E-state index is 12.4. The van der Waals surface area contributed by atoms with Gasteiger partial charge in [-0.25, -0.2) is 0 Å². The van der Waals surface area contributed by atoms with Gasteiger partial charge in [0.05, 0.1) is 47.1 Å². The fourth-order valence-corrected chi connectivity index (χ4v) is 7.18. The number of nitro groups is 4. The number of methoxy groups -OCH3 is 2. The summed E-state index contributed by atoms with van der Waals surface area (Å²) in [5.74, 6) is 1.10. The van der Waals surface area contributed by atoms with E-state index in [1.807, 2.05) is 13.8 Å². The Balaban J connectivity index is 1.90. The van der Waals surface area contributed by atoms with Gasteiger partial charge in [-0.1, -0.05) is 39.5 Å². The Morgan fingerprint density at radius 1 is 0.429 bits per heavy atom. The second kappa shape index (κ2) is 18.3. The van der Waals surface area contributed by atoms with E-state index in [2.05, 4.69) is 0 Å². The molecule has 296 valence electrons. The second-order valence-electron chi connectivity index (χ2n) is 13.6. The van der Waals surface area contributed by atoms with Crippen LogP contribution >= 0.6 is 0 Å². The number of hydrogen-bond donors (Lipinski definition) is 0. The zero-order chi connectivity index (χ0) is 40.5. The van der Waals surface area contributed by atoms with Crippen molar-refractivity contribution in [3.63, 3.8) is 0 Å². The van der Waals surface area contributed by atoms with Crippen LogP contribution in [-0.2, 0) is 25.7 Å². The topological polar surface area (TPSA) is 209 Å². The molecule has 5 rings (SSSR count). The van der Waals surface area contributed by atoms with Gasteiger partial charge in [0.1, 0.15) is 23.0 Å². The molecule has 4 aromatic rings. The molecule has 0 unspecified atom stereocenters. The molecule has 0 spiro atoms. The fourth-order valence-electron chi connectivity index (χ4n) is 7.18. The van der Waals surface area contributed by atoms with Crippen molar-refractivity contribution >= 4 is 22.7 Å². The maximum absolute atomic E-state index is 12.4. The molecule has 0 saturated carbocycles. The minimum atomic E-state index is -0.557. The largest absolute Gasteiger partial charge is 0.496 e. The van der Waals surface area contributed by atoms with Crippen molar-refractivity contribution in [3.8, 4) is 23.0 Å². The van der Waals surface area contributed by atoms with Gasteiger partial charge in [-0.05, 0) is 12.8 Å². The monoisotopic (exact) mass is 772 g/mol. The standard InChI is InChI=1S/C40H44N4O12/c1-5-7-9-11-55-39-29-13-25-17-33(41(45)46)19-27(37(25)53-3)15-31-23-36(44(51)52)24-32(40(31)56-12-10-8-6-2)16-28-20-34(42(47)48)18-26(38(28)54-4)14-30(39)22-35(21-29)43(49)50/h17-24H,5-16H2,1-4H3. The van der Waals surface area contributed by atoms with Gasteiger partial charge in [0.2, 0.25) is 0 Å². The lowest BCUT2D eigenvalue weighted by molar-refractivity contribution is -0.385. The molecule has 0 heterocycles. The van der Waals surface area contributed by atoms with E-state index < -0.39 is 19.7 Å². The number of nitro benzene ring substituents is 4. The Kier molecular flexibility index (Phi) is 13.4. The van der Waals surface area contributed by atoms with Crippen molar-refractivity contribution in [2.75, 3.05) is 27.4 Å². The number of unbranched alkanes of at least 4 members (excludes halogenated alkanes) is 4. The lowest BCUT2D eigenvalue weighted by atomic mass is 9.90. The Hall–Kier alpha value is -6.32. The van der Waals surface area contributed by atoms with Crippen LogP contribution in [0.5, 0.6) is 23.0 Å². The highest BCUT2D eigenvalue weighted by atomic mass is 16.6. The van der Waals surface area contributed by atoms with Crippen molar-refractivity contribution in [2.24, 2.45) is 0 Å². The van der Waals surface area contributed by atoms with Crippen LogP contribution < -0.4 is 18.9 Å². The average Bonchev–Trinajstić information content (AvgIpc) is 3.15. The van der Waals surface area contributed by atoms with Crippen LogP contribution in [0.25, 0.3) is 0 Å². The van der Waals surface area contributed by atoms with Crippen LogP contribution in [0.2, 0.25) is 0 Å². The maximum Gasteiger partial charge on any atom is 0.270 e. The van der Waals surface area contributed by atoms with Gasteiger partial charge in [-0.15, -0.1) is 0 Å². The van der Waals surface area contributed by atoms with Crippen LogP contribution in [0, 0.1) is 40.5 Å². The molecule has 0 radical (unpaired) electrons. The average molecular weight is 773 g/mol. The highest BCUT2D eigenvalue weighted by Crippen LogP contribution is 2.43. The molecule has 0 aliphatic heterocycles. The van der Waals surface area contributed by atoms with E-state index in [9.17, 15) is 40.5 Å². The molecule has 0 atom stereocenters. The summed E-state index contributed by atoms with van der Waals surface area (Å²) >= 11 is 0. The Morgan fingerprint density at radius 3 is 0.857 bits per heavy atom. The van der Waals surface area contributed by atoms with Crippen LogP contribution in [-0.4, -0.2) is 47.1 Å². The fraction of sp³-hybridized carbons (Fsp3) is 0.400. The van der Waals surface area contributed by atoms with E-state index in [1.165, 1.54) is 62.8 Å². The van der Waals surface area contributed by atoms with Crippen molar-refractivity contribution < 1.29 is 38.6 Å². The van der Waals surface area contributed by atoms with Gasteiger partial charge >= 0.3 is 0 Å². The number of hydrogen-bond acceptors (Lipinski definition) is 12. The van der Waals surface area contributed by atoms with E-state index in [-0.39, 0.29) is 73.1 Å². The summed E-state index contributed by atoms with van der Waals surface area (Å²) in [6.07, 6.45) is 4.45. The van der Waals surface area contributed by atoms with Crippen LogP contribution in [0.15, 0.2) is 48.5 Å². The molecule has 0 saturated heterocycles. The number of nitrogens with zero attached hydrogens (tertiary/aromatic N) is 4. The summed E-state index contributed by atoms with van der Waals surface area (Å²) in [6.45, 7) is 4.58. The van der Waals surface area contributed by atoms with Gasteiger partial charge in [-0.3, -0.25) is 40.5 Å². The zero-order valence-corrected chi connectivity index (χ0v) is 31.8. The van der Waals surface area contributed by atoms with Gasteiger partial charge in [0.25, 0.3) is 22.7 Å². The normalized spacial score (nSPS) is 12.1. The molecular formula is C40H44N4O12. The predicted octanol–water partition coefficient (Wildman–Crippen LogP) is 9.15. The molecule has 16 nitrogen and oxygen atoms in total. The Morgan fingerprint density at radius 2 is 0.661 bits per heavy atom. The lowest BCUT2D eigenvalue weighted by Crippen LogP contribution is -2.10. The highest BCUT2D eigenvalue weighted by Gasteiger charge is 2.28. The van der Waals surface area contributed by atoms with Crippen LogP contribution in [0.1, 0.15) is 96.9 Å². The van der Waals surface area contributed by atoms with Crippen LogP contribution in [0.3, 0.4) is 0 Å². The predicted molar refractivity (Wildman–Crippen MR) is 207 cm³/mol. The van der Waals surface area contributed by atoms with Gasteiger partial charge < -0.3 is 18.9 Å². The first-order valence-corrected chi connectivity index (χ1v) is 18.4. The molecule has 1 aliphatic carbocycles. The Labute approximate surface area is 323 Å². The number of non-ortho nitro benzene ring substituents is 4. The zero-order valence-electron chi connectivity index (χ0n) is 31.8. The summed E-state index contributed by atoms with van der Waals surface area (Å²) in [5, 5.41) is 49.6. The third-order valence-corrected chi connectivity index (χ3v) is 9.67. The molecule has 1 aliphatic rings. The third kappa shape index (κ3) is 9.30. The summed E-state index contributed by atoms with van der Waals surface area (Å²) in [4.78, 5) is 47.3. The number of benzene rings is 4. The van der Waals surface area contributed by atoms with Crippen molar-refractivity contribution in [1.29, 1.82) is 0 Å². The minimum Gasteiger partial charge on any atom is -0.496 e. The molecular weight excluding hydrogens is 728 g/mol. The van der Waals surface area contributed by atoms with Gasteiger partial charge in [0, 0.05) is 119 Å². The van der Waals surface area contributed by atoms with E-state index in [1.54, 1.807) is 0 Å². The molecule has 16 heteroatoms. The smallest absolute Gasteiger partial charge is 0.270 e. The molecule has 0 fully saturated rings. The first-order valence-electron chi connectivity index (χ1n) is 18.4. The Bertz CT molecular complexity index is 1900. The molecule has 4 aromatic carbocycles. The first kappa shape index (κ1) is 40.9. The van der Waals surface area contributed by atoms with E-state index >= 15 is 0 Å². The lowest BCUT2D eigenvalue weighted by Gasteiger charge is -2.22. The van der Waals surface area contributed by atoms with Crippen molar-refractivity contribution in [2.45, 2.75) is 78.1 Å². The summed E-state index contributed by atoms with van der Waals surface area (Å²) in [5.41, 5.74) is 1.51. The summed E-state index contributed by atoms with van der Waals surface area (Å²) in [6, 6.07) is 10.7. The van der Waals surface area contributed by atoms with Crippen LogP contribution in [0.4, 0.5) is 22.7 Å². The SMILES string of the molecule is CCCCCOc1c2cc([N+](=O)[O-])cc1Cc1cc([N+](=O)[O-])cc(c1OC)Cc1cc([N+](=O)[O-])cc(c1OCCCCC)Cc1cc([N+](=O)[O-])cc(c1OC)C2. The first-order chi connectivity index (χ1) is 26.9. The van der Waals surface area contributed by atoms with Gasteiger partial charge in [0.15, 0.2) is 0 Å². The molecule has 0 amide bonds. The quantitative estimate of drug-likeness (QED) is 0.0522. The molecule has 0 N–H and O–H groups in total. The van der Waals surface area contributed by atoms with Crippen molar-refractivity contribution in [3.05, 3.63) is 133 Å². The second-order valence-corrected chi connectivity index (χ2v) is 13.6. The number of fused-ring (bicyclic) bond motifs is 8. The number of rotatable bonds is 16. The highest BCUT2D eigenvalue weighted by molar-refractivity contribution is 5.62. The van der Waals surface area contributed by atoms with E-state index in [4.69, 9.17) is 18.9 Å². The molecule has 8 bridgehead atoms. The molecule has 0 aromatic heterocycles. The number of ether oxygens (including phenoxy) is 4. The van der Waals surface area contributed by atoms with E-state index in [0.29, 0.717) is 68.8 Å². The van der Waals surface area contributed by atoms with Gasteiger partial charge in [-0.2, -0.15) is 0 Å². The molecule has 56 heavy (non-hydrogen) atoms. The third-order valence-electron chi connectivity index (χ3n) is 9.67. The summed E-state index contributed by atoms with van der Waals surface area (Å²) in [7, 11) is 2.81. The van der Waals surface area contributed by atoms with Crippen molar-refractivity contribution in [1.82, 2.24) is 0 Å². The summed E-state index contributed by atoms with van der Waals surface area (Å²) < 4.78 is 24.6.